The number of carbonyl (C=O) groups excluding carboxylic acids is 2. The van der Waals surface area contributed by atoms with E-state index < -0.39 is 0 Å². The Balaban J connectivity index is 1.78. The zero-order valence-corrected chi connectivity index (χ0v) is 11.1. The second kappa shape index (κ2) is 6.88. The third-order valence-electron chi connectivity index (χ3n) is 2.99. The molecule has 0 spiro atoms. The van der Waals surface area contributed by atoms with Crippen LogP contribution in [0.3, 0.4) is 0 Å². The van der Waals surface area contributed by atoms with E-state index in [1.165, 1.54) is 17.0 Å². The lowest BCUT2D eigenvalue weighted by Crippen LogP contribution is -2.37. The van der Waals surface area contributed by atoms with Gasteiger partial charge in [-0.1, -0.05) is 6.07 Å². The highest BCUT2D eigenvalue weighted by atomic mass is 19.1. The van der Waals surface area contributed by atoms with Crippen molar-refractivity contribution in [2.45, 2.75) is 12.8 Å². The molecule has 6 heteroatoms. The molecule has 1 aromatic carbocycles. The summed E-state index contributed by atoms with van der Waals surface area (Å²) < 4.78 is 18.3. The smallest absolute Gasteiger partial charge is 0.239 e. The van der Waals surface area contributed by atoms with Gasteiger partial charge in [-0.3, -0.25) is 9.59 Å². The van der Waals surface area contributed by atoms with Crippen molar-refractivity contribution in [1.82, 2.24) is 10.2 Å². The van der Waals surface area contributed by atoms with E-state index in [4.69, 9.17) is 4.74 Å². The van der Waals surface area contributed by atoms with E-state index in [0.717, 1.165) is 6.42 Å². The molecule has 1 aliphatic heterocycles. The van der Waals surface area contributed by atoms with Crippen molar-refractivity contribution in [3.63, 3.8) is 0 Å². The van der Waals surface area contributed by atoms with Gasteiger partial charge in [0.2, 0.25) is 11.8 Å². The van der Waals surface area contributed by atoms with Gasteiger partial charge in [-0.25, -0.2) is 4.39 Å². The largest absolute Gasteiger partial charge is 0.493 e. The topological polar surface area (TPSA) is 58.6 Å². The van der Waals surface area contributed by atoms with Gasteiger partial charge in [0.25, 0.3) is 0 Å². The average Bonchev–Trinajstić information content (AvgIpc) is 2.63. The second-order valence-corrected chi connectivity index (χ2v) is 4.57. The lowest BCUT2D eigenvalue weighted by Gasteiger charge is -2.19. The van der Waals surface area contributed by atoms with Crippen LogP contribution in [0, 0.1) is 5.82 Å². The Morgan fingerprint density at radius 2 is 2.30 bits per heavy atom. The van der Waals surface area contributed by atoms with Crippen molar-refractivity contribution in [2.75, 3.05) is 26.2 Å². The molecule has 1 fully saturated rings. The second-order valence-electron chi connectivity index (χ2n) is 4.57. The van der Waals surface area contributed by atoms with Crippen LogP contribution in [0.2, 0.25) is 0 Å². The van der Waals surface area contributed by atoms with Crippen LogP contribution in [0.4, 0.5) is 4.39 Å². The number of amides is 2. The van der Waals surface area contributed by atoms with Crippen LogP contribution in [0.5, 0.6) is 5.75 Å². The maximum atomic E-state index is 12.9. The molecule has 0 atom stereocenters. The molecule has 2 rings (SSSR count). The van der Waals surface area contributed by atoms with Crippen LogP contribution in [0.25, 0.3) is 0 Å². The van der Waals surface area contributed by atoms with E-state index >= 15 is 0 Å². The molecule has 1 saturated heterocycles. The Hall–Kier alpha value is -2.11. The van der Waals surface area contributed by atoms with Crippen LogP contribution >= 0.6 is 0 Å². The summed E-state index contributed by atoms with van der Waals surface area (Å²) in [4.78, 5) is 24.8. The molecule has 1 heterocycles. The quantitative estimate of drug-likeness (QED) is 0.893. The summed E-state index contributed by atoms with van der Waals surface area (Å²) in [6.45, 7) is 1.43. The van der Waals surface area contributed by atoms with Crippen molar-refractivity contribution < 1.29 is 18.7 Å². The van der Waals surface area contributed by atoms with Crippen molar-refractivity contribution in [3.8, 4) is 5.75 Å². The standard InChI is InChI=1S/C14H17FN2O3/c15-11-3-1-4-12(9-11)20-8-5-14(19)17-7-2-6-16-13(18)10-17/h1,3-4,9H,2,5-8,10H2,(H,16,18). The maximum Gasteiger partial charge on any atom is 0.239 e. The molecule has 0 aromatic heterocycles. The van der Waals surface area contributed by atoms with Gasteiger partial charge in [-0.05, 0) is 18.6 Å². The molecule has 1 aliphatic rings. The summed E-state index contributed by atoms with van der Waals surface area (Å²) in [6, 6.07) is 5.77. The van der Waals surface area contributed by atoms with Gasteiger partial charge in [0.15, 0.2) is 0 Å². The van der Waals surface area contributed by atoms with Crippen LogP contribution in [-0.4, -0.2) is 43.0 Å². The van der Waals surface area contributed by atoms with Gasteiger partial charge in [-0.2, -0.15) is 0 Å². The summed E-state index contributed by atoms with van der Waals surface area (Å²) in [5.74, 6) is -0.246. The average molecular weight is 280 g/mol. The molecule has 108 valence electrons. The first kappa shape index (κ1) is 14.3. The van der Waals surface area contributed by atoms with E-state index in [1.807, 2.05) is 0 Å². The molecule has 0 aliphatic carbocycles. The molecule has 1 N–H and O–H groups in total. The predicted molar refractivity (Wildman–Crippen MR) is 70.7 cm³/mol. The number of ether oxygens (including phenoxy) is 1. The van der Waals surface area contributed by atoms with Gasteiger partial charge < -0.3 is 15.0 Å². The Morgan fingerprint density at radius 3 is 3.10 bits per heavy atom. The highest BCUT2D eigenvalue weighted by Gasteiger charge is 2.19. The molecule has 0 unspecified atom stereocenters. The van der Waals surface area contributed by atoms with Gasteiger partial charge >= 0.3 is 0 Å². The first-order chi connectivity index (χ1) is 9.65. The number of halogens is 1. The number of rotatable bonds is 4. The highest BCUT2D eigenvalue weighted by Crippen LogP contribution is 2.12. The summed E-state index contributed by atoms with van der Waals surface area (Å²) in [5.41, 5.74) is 0. The Labute approximate surface area is 116 Å². The van der Waals surface area contributed by atoms with E-state index in [1.54, 1.807) is 12.1 Å². The van der Waals surface area contributed by atoms with Crippen LogP contribution in [-0.2, 0) is 9.59 Å². The molecule has 1 aromatic rings. The molecular formula is C14H17FN2O3. The summed E-state index contributed by atoms with van der Waals surface area (Å²) in [7, 11) is 0. The van der Waals surface area contributed by atoms with Crippen LogP contribution < -0.4 is 10.1 Å². The normalized spacial score (nSPS) is 15.4. The highest BCUT2D eigenvalue weighted by molar-refractivity contribution is 5.85. The number of carbonyl (C=O) groups is 2. The third-order valence-corrected chi connectivity index (χ3v) is 2.99. The molecule has 5 nitrogen and oxygen atoms in total. The number of hydrogen-bond donors (Lipinski definition) is 1. The fourth-order valence-corrected chi connectivity index (χ4v) is 1.99. The lowest BCUT2D eigenvalue weighted by molar-refractivity contribution is -0.135. The monoisotopic (exact) mass is 280 g/mol. The molecule has 2 amide bonds. The fourth-order valence-electron chi connectivity index (χ4n) is 1.99. The van der Waals surface area contributed by atoms with E-state index in [9.17, 15) is 14.0 Å². The Morgan fingerprint density at radius 1 is 1.45 bits per heavy atom. The van der Waals surface area contributed by atoms with Crippen molar-refractivity contribution in [2.24, 2.45) is 0 Å². The third kappa shape index (κ3) is 4.22. The fraction of sp³-hybridized carbons (Fsp3) is 0.429. The molecular weight excluding hydrogens is 263 g/mol. The number of benzene rings is 1. The SMILES string of the molecule is O=C1CN(C(=O)CCOc2cccc(F)c2)CCCN1. The molecule has 0 saturated carbocycles. The summed E-state index contributed by atoms with van der Waals surface area (Å²) >= 11 is 0. The Kier molecular flexibility index (Phi) is 4.92. The van der Waals surface area contributed by atoms with Gasteiger partial charge in [0.05, 0.1) is 19.6 Å². The number of nitrogens with zero attached hydrogens (tertiary/aromatic N) is 1. The van der Waals surface area contributed by atoms with Gasteiger partial charge in [0.1, 0.15) is 11.6 Å². The first-order valence-corrected chi connectivity index (χ1v) is 6.58. The minimum Gasteiger partial charge on any atom is -0.493 e. The molecule has 0 radical (unpaired) electrons. The minimum absolute atomic E-state index is 0.0960. The van der Waals surface area contributed by atoms with Crippen LogP contribution in [0.15, 0.2) is 24.3 Å². The predicted octanol–water partition coefficient (Wildman–Crippen LogP) is 0.943. The summed E-state index contributed by atoms with van der Waals surface area (Å²) in [6.07, 6.45) is 0.923. The van der Waals surface area contributed by atoms with Crippen molar-refractivity contribution in [1.29, 1.82) is 0 Å². The summed E-state index contributed by atoms with van der Waals surface area (Å²) in [5, 5.41) is 2.71. The number of hydrogen-bond acceptors (Lipinski definition) is 3. The minimum atomic E-state index is -0.377. The number of nitrogens with one attached hydrogen (secondary N) is 1. The van der Waals surface area contributed by atoms with Gasteiger partial charge in [0, 0.05) is 19.2 Å². The maximum absolute atomic E-state index is 12.9. The lowest BCUT2D eigenvalue weighted by atomic mass is 10.3. The van der Waals surface area contributed by atoms with E-state index in [0.29, 0.717) is 18.8 Å². The zero-order chi connectivity index (χ0) is 14.4. The van der Waals surface area contributed by atoms with Crippen molar-refractivity contribution in [3.05, 3.63) is 30.1 Å². The zero-order valence-electron chi connectivity index (χ0n) is 11.1. The van der Waals surface area contributed by atoms with Gasteiger partial charge in [-0.15, -0.1) is 0 Å². The van der Waals surface area contributed by atoms with Crippen LogP contribution in [0.1, 0.15) is 12.8 Å². The first-order valence-electron chi connectivity index (χ1n) is 6.58. The molecule has 20 heavy (non-hydrogen) atoms. The molecule has 0 bridgehead atoms. The van der Waals surface area contributed by atoms with E-state index in [-0.39, 0.29) is 37.2 Å². The van der Waals surface area contributed by atoms with E-state index in [2.05, 4.69) is 5.32 Å². The Bertz CT molecular complexity index is 493. The van der Waals surface area contributed by atoms with Crippen molar-refractivity contribution >= 4 is 11.8 Å².